The van der Waals surface area contributed by atoms with Crippen LogP contribution in [0.15, 0.2) is 6.33 Å². The molecule has 8 nitrogen and oxygen atoms in total. The molecule has 2 aromatic heterocycles. The molecule has 0 saturated carbocycles. The van der Waals surface area contributed by atoms with Gasteiger partial charge in [-0.05, 0) is 33.6 Å². The van der Waals surface area contributed by atoms with Crippen molar-refractivity contribution in [3.63, 3.8) is 0 Å². The Kier molecular flexibility index (Phi) is 5.06. The number of amides is 2. The molecular formula is C17H27N7O. The Bertz CT molecular complexity index is 716. The smallest absolute Gasteiger partial charge is 0.318 e. The number of rotatable bonds is 3. The maximum atomic E-state index is 13.0. The number of nitrogens with zero attached hydrogens (tertiary/aromatic N) is 5. The molecular weight excluding hydrogens is 318 g/mol. The fourth-order valence-electron chi connectivity index (χ4n) is 3.72. The number of aromatic nitrogens is 5. The lowest BCUT2D eigenvalue weighted by Gasteiger charge is -2.31. The Labute approximate surface area is 148 Å². The van der Waals surface area contributed by atoms with Gasteiger partial charge in [0, 0.05) is 24.8 Å². The van der Waals surface area contributed by atoms with Crippen molar-refractivity contribution in [1.29, 1.82) is 0 Å². The number of urea groups is 1. The molecule has 1 aliphatic rings. The largest absolute Gasteiger partial charge is 0.328 e. The van der Waals surface area contributed by atoms with E-state index in [0.29, 0.717) is 0 Å². The van der Waals surface area contributed by atoms with Gasteiger partial charge in [-0.25, -0.2) is 4.79 Å². The number of carbonyl (C=O) groups excluding carboxylic acids is 1. The van der Waals surface area contributed by atoms with E-state index in [2.05, 4.69) is 25.7 Å². The molecule has 25 heavy (non-hydrogen) atoms. The zero-order valence-electron chi connectivity index (χ0n) is 15.4. The van der Waals surface area contributed by atoms with Crippen LogP contribution in [-0.4, -0.2) is 42.4 Å². The van der Waals surface area contributed by atoms with Gasteiger partial charge in [-0.15, -0.1) is 10.2 Å². The number of aromatic amines is 1. The number of aryl methyl sites for hydroxylation is 3. The van der Waals surface area contributed by atoms with Crippen LogP contribution in [0.3, 0.4) is 0 Å². The van der Waals surface area contributed by atoms with Crippen LogP contribution in [0.25, 0.3) is 0 Å². The number of carbonyl (C=O) groups is 1. The predicted octanol–water partition coefficient (Wildman–Crippen LogP) is 2.54. The van der Waals surface area contributed by atoms with Crippen molar-refractivity contribution in [3.05, 3.63) is 29.1 Å². The maximum Gasteiger partial charge on any atom is 0.318 e. The van der Waals surface area contributed by atoms with Crippen molar-refractivity contribution in [2.24, 2.45) is 7.05 Å². The summed E-state index contributed by atoms with van der Waals surface area (Å²) < 4.78 is 1.83. The zero-order valence-corrected chi connectivity index (χ0v) is 15.4. The molecule has 1 aliphatic heterocycles. The van der Waals surface area contributed by atoms with Crippen molar-refractivity contribution in [2.75, 3.05) is 6.54 Å². The molecule has 3 heterocycles. The zero-order chi connectivity index (χ0) is 18.0. The number of nitrogens with one attached hydrogen (secondary N) is 2. The normalized spacial score (nSPS) is 19.5. The number of H-pyrrole nitrogens is 1. The van der Waals surface area contributed by atoms with Gasteiger partial charge in [0.1, 0.15) is 6.33 Å². The van der Waals surface area contributed by atoms with Gasteiger partial charge in [-0.3, -0.25) is 5.10 Å². The third-order valence-electron chi connectivity index (χ3n) is 5.01. The Morgan fingerprint density at radius 3 is 2.80 bits per heavy atom. The van der Waals surface area contributed by atoms with Crippen molar-refractivity contribution in [2.45, 2.75) is 58.5 Å². The average Bonchev–Trinajstić information content (AvgIpc) is 3.04. The molecule has 136 valence electrons. The van der Waals surface area contributed by atoms with E-state index in [1.807, 2.05) is 37.3 Å². The fourth-order valence-corrected chi connectivity index (χ4v) is 3.72. The number of likely N-dealkylation sites (tertiary alicyclic amines) is 1. The van der Waals surface area contributed by atoms with Gasteiger partial charge in [0.25, 0.3) is 0 Å². The minimum Gasteiger partial charge on any atom is -0.328 e. The second kappa shape index (κ2) is 7.25. The Morgan fingerprint density at radius 1 is 1.36 bits per heavy atom. The van der Waals surface area contributed by atoms with Gasteiger partial charge >= 0.3 is 6.03 Å². The lowest BCUT2D eigenvalue weighted by Crippen LogP contribution is -2.43. The van der Waals surface area contributed by atoms with Crippen LogP contribution in [0.4, 0.5) is 4.79 Å². The summed E-state index contributed by atoms with van der Waals surface area (Å²) in [5.41, 5.74) is 3.18. The van der Waals surface area contributed by atoms with Crippen LogP contribution in [-0.2, 0) is 7.05 Å². The van der Waals surface area contributed by atoms with Crippen LogP contribution in [0.1, 0.15) is 67.5 Å². The molecule has 2 atom stereocenters. The predicted molar refractivity (Wildman–Crippen MR) is 93.9 cm³/mol. The van der Waals surface area contributed by atoms with E-state index in [9.17, 15) is 4.79 Å². The summed E-state index contributed by atoms with van der Waals surface area (Å²) >= 11 is 0. The Morgan fingerprint density at radius 2 is 2.16 bits per heavy atom. The highest BCUT2D eigenvalue weighted by Crippen LogP contribution is 2.33. The van der Waals surface area contributed by atoms with E-state index in [4.69, 9.17) is 0 Å². The highest BCUT2D eigenvalue weighted by atomic mass is 16.2. The summed E-state index contributed by atoms with van der Waals surface area (Å²) in [7, 11) is 1.88. The van der Waals surface area contributed by atoms with Gasteiger partial charge in [0.05, 0.1) is 17.8 Å². The van der Waals surface area contributed by atoms with Crippen LogP contribution >= 0.6 is 0 Å². The summed E-state index contributed by atoms with van der Waals surface area (Å²) in [5, 5.41) is 18.4. The van der Waals surface area contributed by atoms with Crippen molar-refractivity contribution >= 4 is 6.03 Å². The minimum absolute atomic E-state index is 0.0533. The topological polar surface area (TPSA) is 91.7 Å². The summed E-state index contributed by atoms with van der Waals surface area (Å²) in [5.74, 6) is 0.746. The molecule has 2 N–H and O–H groups in total. The Hall–Kier alpha value is -2.38. The van der Waals surface area contributed by atoms with Gasteiger partial charge in [-0.2, -0.15) is 5.10 Å². The molecule has 0 spiro atoms. The molecule has 1 saturated heterocycles. The molecule has 2 aromatic rings. The summed E-state index contributed by atoms with van der Waals surface area (Å²) in [4.78, 5) is 15.0. The molecule has 0 unspecified atom stereocenters. The molecule has 2 amide bonds. The average molecular weight is 345 g/mol. The van der Waals surface area contributed by atoms with E-state index in [-0.39, 0.29) is 18.1 Å². The summed E-state index contributed by atoms with van der Waals surface area (Å²) in [6.07, 6.45) is 5.91. The van der Waals surface area contributed by atoms with Crippen LogP contribution in [0.5, 0.6) is 0 Å². The van der Waals surface area contributed by atoms with Gasteiger partial charge in [0.15, 0.2) is 5.82 Å². The molecule has 8 heteroatoms. The first-order valence-electron chi connectivity index (χ1n) is 8.91. The van der Waals surface area contributed by atoms with E-state index < -0.39 is 0 Å². The number of hydrogen-bond acceptors (Lipinski definition) is 4. The van der Waals surface area contributed by atoms with E-state index >= 15 is 0 Å². The lowest BCUT2D eigenvalue weighted by atomic mass is 9.99. The molecule has 0 aliphatic carbocycles. The molecule has 0 radical (unpaired) electrons. The van der Waals surface area contributed by atoms with E-state index in [0.717, 1.165) is 55.0 Å². The SMILES string of the molecule is Cc1n[nH]c(C)c1[C@H]1CCCCCN1C(=O)N[C@@H](C)c1nncn1C. The van der Waals surface area contributed by atoms with Crippen LogP contribution in [0, 0.1) is 13.8 Å². The first-order valence-corrected chi connectivity index (χ1v) is 8.91. The second-order valence-corrected chi connectivity index (χ2v) is 6.88. The highest BCUT2D eigenvalue weighted by Gasteiger charge is 2.31. The molecule has 1 fully saturated rings. The fraction of sp³-hybridized carbons (Fsp3) is 0.647. The van der Waals surface area contributed by atoms with Gasteiger partial charge < -0.3 is 14.8 Å². The third kappa shape index (κ3) is 3.52. The molecule has 3 rings (SSSR count). The van der Waals surface area contributed by atoms with E-state index in [1.54, 1.807) is 6.33 Å². The first kappa shape index (κ1) is 17.4. The van der Waals surface area contributed by atoms with Crippen molar-refractivity contribution in [3.8, 4) is 0 Å². The standard InChI is InChI=1S/C17H27N7O/c1-11-15(12(2)21-20-11)14-8-6-5-7-9-24(14)17(25)19-13(3)16-22-18-10-23(16)4/h10,13-14H,5-9H2,1-4H3,(H,19,25)(H,20,21)/t13-,14+/m0/s1. The minimum atomic E-state index is -0.199. The van der Waals surface area contributed by atoms with Crippen molar-refractivity contribution < 1.29 is 4.79 Å². The molecule has 0 bridgehead atoms. The highest BCUT2D eigenvalue weighted by molar-refractivity contribution is 5.75. The maximum absolute atomic E-state index is 13.0. The number of hydrogen-bond donors (Lipinski definition) is 2. The van der Waals surface area contributed by atoms with Crippen LogP contribution < -0.4 is 5.32 Å². The van der Waals surface area contributed by atoms with E-state index in [1.165, 1.54) is 0 Å². The van der Waals surface area contributed by atoms with Crippen LogP contribution in [0.2, 0.25) is 0 Å². The molecule has 0 aromatic carbocycles. The monoisotopic (exact) mass is 345 g/mol. The second-order valence-electron chi connectivity index (χ2n) is 6.88. The third-order valence-corrected chi connectivity index (χ3v) is 5.01. The van der Waals surface area contributed by atoms with Gasteiger partial charge in [-0.1, -0.05) is 12.8 Å². The van der Waals surface area contributed by atoms with Crippen molar-refractivity contribution in [1.82, 2.24) is 35.2 Å². The summed E-state index contributed by atoms with van der Waals surface area (Å²) in [6, 6.07) is -0.189. The quantitative estimate of drug-likeness (QED) is 0.894. The summed E-state index contributed by atoms with van der Waals surface area (Å²) in [6.45, 7) is 6.72. The lowest BCUT2D eigenvalue weighted by molar-refractivity contribution is 0.172. The van der Waals surface area contributed by atoms with Gasteiger partial charge in [0.2, 0.25) is 0 Å². The first-order chi connectivity index (χ1) is 12.0. The Balaban J connectivity index is 1.81.